The first-order chi connectivity index (χ1) is 9.26. The van der Waals surface area contributed by atoms with Gasteiger partial charge in [0.25, 0.3) is 0 Å². The van der Waals surface area contributed by atoms with Gasteiger partial charge in [-0.15, -0.1) is 13.2 Å². The van der Waals surface area contributed by atoms with Gasteiger partial charge in [-0.1, -0.05) is 6.07 Å². The van der Waals surface area contributed by atoms with Crippen LogP contribution >= 0.6 is 0 Å². The summed E-state index contributed by atoms with van der Waals surface area (Å²) in [6.45, 7) is 3.30. The molecule has 0 heterocycles. The van der Waals surface area contributed by atoms with Crippen molar-refractivity contribution in [1.82, 2.24) is 0 Å². The van der Waals surface area contributed by atoms with E-state index in [4.69, 9.17) is 10.00 Å². The Balaban J connectivity index is 3.18. The molecule has 4 nitrogen and oxygen atoms in total. The molecule has 0 aliphatic carbocycles. The van der Waals surface area contributed by atoms with Gasteiger partial charge >= 0.3 is 12.3 Å². The zero-order chi connectivity index (χ0) is 15.3. The standard InChI is InChI=1S/C13H12F3NO3/c1-3-19-12(18)6-9-4-8(2)5-11(10(9)7-17)20-13(14,15)16/h4-5H,3,6H2,1-2H3. The van der Waals surface area contributed by atoms with Gasteiger partial charge in [-0.3, -0.25) is 4.79 Å². The van der Waals surface area contributed by atoms with Gasteiger partial charge in [-0.25, -0.2) is 0 Å². The van der Waals surface area contributed by atoms with E-state index in [1.54, 1.807) is 19.9 Å². The molecule has 0 aromatic heterocycles. The first kappa shape index (κ1) is 15.8. The zero-order valence-electron chi connectivity index (χ0n) is 10.9. The predicted octanol–water partition coefficient (Wildman–Crippen LogP) is 2.87. The van der Waals surface area contributed by atoms with Gasteiger partial charge in [0.1, 0.15) is 11.8 Å². The van der Waals surface area contributed by atoms with Crippen molar-refractivity contribution in [3.8, 4) is 11.8 Å². The number of nitrogens with zero attached hydrogens (tertiary/aromatic N) is 1. The summed E-state index contributed by atoms with van der Waals surface area (Å²) >= 11 is 0. The Morgan fingerprint density at radius 1 is 1.40 bits per heavy atom. The molecule has 0 spiro atoms. The third-order valence-corrected chi connectivity index (χ3v) is 2.31. The van der Waals surface area contributed by atoms with Crippen LogP contribution in [0.2, 0.25) is 0 Å². The molecule has 0 bridgehead atoms. The second-order valence-corrected chi connectivity index (χ2v) is 3.94. The molecule has 0 amide bonds. The number of nitriles is 1. The molecule has 20 heavy (non-hydrogen) atoms. The third kappa shape index (κ3) is 4.46. The number of hydrogen-bond donors (Lipinski definition) is 0. The number of rotatable bonds is 4. The second-order valence-electron chi connectivity index (χ2n) is 3.94. The molecule has 0 radical (unpaired) electrons. The fraction of sp³-hybridized carbons (Fsp3) is 0.385. The molecule has 1 aromatic carbocycles. The highest BCUT2D eigenvalue weighted by Crippen LogP contribution is 2.30. The Morgan fingerprint density at radius 3 is 2.55 bits per heavy atom. The summed E-state index contributed by atoms with van der Waals surface area (Å²) in [5.74, 6) is -1.23. The van der Waals surface area contributed by atoms with Crippen LogP contribution in [0.1, 0.15) is 23.6 Å². The summed E-state index contributed by atoms with van der Waals surface area (Å²) in [4.78, 5) is 11.4. The van der Waals surface area contributed by atoms with Crippen LogP contribution in [-0.4, -0.2) is 18.9 Å². The average Bonchev–Trinajstić information content (AvgIpc) is 2.26. The highest BCUT2D eigenvalue weighted by Gasteiger charge is 2.33. The molecule has 0 unspecified atom stereocenters. The lowest BCUT2D eigenvalue weighted by Gasteiger charge is -2.13. The normalized spacial score (nSPS) is 10.8. The van der Waals surface area contributed by atoms with Gasteiger partial charge in [-0.2, -0.15) is 5.26 Å². The summed E-state index contributed by atoms with van der Waals surface area (Å²) in [7, 11) is 0. The van der Waals surface area contributed by atoms with Gasteiger partial charge < -0.3 is 9.47 Å². The highest BCUT2D eigenvalue weighted by atomic mass is 19.4. The van der Waals surface area contributed by atoms with Crippen molar-refractivity contribution in [3.05, 3.63) is 28.8 Å². The van der Waals surface area contributed by atoms with Crippen LogP contribution in [0.5, 0.6) is 5.75 Å². The second kappa shape index (κ2) is 6.28. The van der Waals surface area contributed by atoms with Crippen molar-refractivity contribution in [2.75, 3.05) is 6.61 Å². The fourth-order valence-corrected chi connectivity index (χ4v) is 1.66. The first-order valence-electron chi connectivity index (χ1n) is 5.71. The molecular formula is C13H12F3NO3. The summed E-state index contributed by atoms with van der Waals surface area (Å²) in [6.07, 6.45) is -5.19. The zero-order valence-corrected chi connectivity index (χ0v) is 10.9. The highest BCUT2D eigenvalue weighted by molar-refractivity contribution is 5.74. The molecule has 7 heteroatoms. The summed E-state index contributed by atoms with van der Waals surface area (Å²) < 4.78 is 45.4. The summed E-state index contributed by atoms with van der Waals surface area (Å²) in [5.41, 5.74) is 0.272. The van der Waals surface area contributed by atoms with Gasteiger partial charge in [0.15, 0.2) is 0 Å². The van der Waals surface area contributed by atoms with E-state index in [2.05, 4.69) is 4.74 Å². The van der Waals surface area contributed by atoms with Crippen molar-refractivity contribution in [3.63, 3.8) is 0 Å². The Morgan fingerprint density at radius 2 is 2.05 bits per heavy atom. The van der Waals surface area contributed by atoms with E-state index in [0.29, 0.717) is 5.56 Å². The van der Waals surface area contributed by atoms with Crippen LogP contribution in [0.4, 0.5) is 13.2 Å². The third-order valence-electron chi connectivity index (χ3n) is 2.31. The smallest absolute Gasteiger partial charge is 0.466 e. The molecule has 0 aliphatic heterocycles. The number of carbonyl (C=O) groups is 1. The van der Waals surface area contributed by atoms with Crippen LogP contribution in [0.15, 0.2) is 12.1 Å². The van der Waals surface area contributed by atoms with Crippen LogP contribution in [0.3, 0.4) is 0 Å². The number of halogens is 3. The Labute approximate surface area is 113 Å². The van der Waals surface area contributed by atoms with Crippen LogP contribution < -0.4 is 4.74 Å². The van der Waals surface area contributed by atoms with Crippen molar-refractivity contribution in [2.24, 2.45) is 0 Å². The van der Waals surface area contributed by atoms with E-state index in [0.717, 1.165) is 6.07 Å². The number of benzene rings is 1. The Bertz CT molecular complexity index is 547. The minimum absolute atomic E-state index is 0.144. The average molecular weight is 287 g/mol. The topological polar surface area (TPSA) is 59.3 Å². The quantitative estimate of drug-likeness (QED) is 0.799. The fourth-order valence-electron chi connectivity index (χ4n) is 1.66. The molecule has 1 aromatic rings. The lowest BCUT2D eigenvalue weighted by Crippen LogP contribution is -2.19. The van der Waals surface area contributed by atoms with Gasteiger partial charge in [0, 0.05) is 0 Å². The van der Waals surface area contributed by atoms with Gasteiger partial charge in [0.2, 0.25) is 0 Å². The van der Waals surface area contributed by atoms with Gasteiger partial charge in [-0.05, 0) is 31.0 Å². The summed E-state index contributed by atoms with van der Waals surface area (Å²) in [5, 5.41) is 8.98. The van der Waals surface area contributed by atoms with E-state index in [9.17, 15) is 18.0 Å². The minimum Gasteiger partial charge on any atom is -0.466 e. The number of hydrogen-bond acceptors (Lipinski definition) is 4. The van der Waals surface area contributed by atoms with Crippen molar-refractivity contribution in [2.45, 2.75) is 26.6 Å². The van der Waals surface area contributed by atoms with E-state index >= 15 is 0 Å². The Kier molecular flexibility index (Phi) is 4.97. The van der Waals surface area contributed by atoms with Crippen LogP contribution in [0, 0.1) is 18.3 Å². The molecule has 1 rings (SSSR count). The molecule has 0 saturated carbocycles. The molecule has 108 valence electrons. The maximum Gasteiger partial charge on any atom is 0.573 e. The SMILES string of the molecule is CCOC(=O)Cc1cc(C)cc(OC(F)(F)F)c1C#N. The largest absolute Gasteiger partial charge is 0.573 e. The number of ether oxygens (including phenoxy) is 2. The van der Waals surface area contributed by atoms with E-state index < -0.39 is 18.1 Å². The maximum absolute atomic E-state index is 12.3. The molecule has 0 aliphatic rings. The number of alkyl halides is 3. The number of carbonyl (C=O) groups excluding carboxylic acids is 1. The van der Waals surface area contributed by atoms with Crippen LogP contribution in [0.25, 0.3) is 0 Å². The maximum atomic E-state index is 12.3. The van der Waals surface area contributed by atoms with E-state index in [1.807, 2.05) is 0 Å². The van der Waals surface area contributed by atoms with Gasteiger partial charge in [0.05, 0.1) is 18.6 Å². The van der Waals surface area contributed by atoms with E-state index in [1.165, 1.54) is 6.07 Å². The van der Waals surface area contributed by atoms with Crippen molar-refractivity contribution < 1.29 is 27.4 Å². The predicted molar refractivity (Wildman–Crippen MR) is 62.9 cm³/mol. The molecule has 0 N–H and O–H groups in total. The monoisotopic (exact) mass is 287 g/mol. The van der Waals surface area contributed by atoms with Crippen LogP contribution in [-0.2, 0) is 16.0 Å². The van der Waals surface area contributed by atoms with Crippen molar-refractivity contribution >= 4 is 5.97 Å². The first-order valence-corrected chi connectivity index (χ1v) is 5.71. The molecule has 0 fully saturated rings. The van der Waals surface area contributed by atoms with Crippen molar-refractivity contribution in [1.29, 1.82) is 5.26 Å². The lowest BCUT2D eigenvalue weighted by molar-refractivity contribution is -0.274. The Hall–Kier alpha value is -2.23. The number of esters is 1. The summed E-state index contributed by atoms with van der Waals surface area (Å²) in [6, 6.07) is 4.18. The molecular weight excluding hydrogens is 275 g/mol. The molecule has 0 atom stereocenters. The lowest BCUT2D eigenvalue weighted by atomic mass is 10.0. The number of aryl methyl sites for hydroxylation is 1. The minimum atomic E-state index is -4.90. The van der Waals surface area contributed by atoms with E-state index in [-0.39, 0.29) is 24.2 Å². The molecule has 0 saturated heterocycles.